The second kappa shape index (κ2) is 7.86. The van der Waals surface area contributed by atoms with Crippen molar-refractivity contribution in [3.63, 3.8) is 0 Å². The molecule has 1 heterocycles. The molecule has 0 atom stereocenters. The highest BCUT2D eigenvalue weighted by molar-refractivity contribution is 8.00. The summed E-state index contributed by atoms with van der Waals surface area (Å²) in [7, 11) is 0. The first-order chi connectivity index (χ1) is 12.0. The van der Waals surface area contributed by atoms with Gasteiger partial charge in [-0.2, -0.15) is 0 Å². The Labute approximate surface area is 158 Å². The number of thioether (sulfide) groups is 1. The molecule has 2 aromatic carbocycles. The van der Waals surface area contributed by atoms with E-state index in [1.165, 1.54) is 11.3 Å². The van der Waals surface area contributed by atoms with Gasteiger partial charge < -0.3 is 11.1 Å². The molecule has 0 aliphatic carbocycles. The minimum absolute atomic E-state index is 0.165. The number of amides is 1. The third kappa shape index (κ3) is 4.72. The normalized spacial score (nSPS) is 10.6. The average molecular weight is 391 g/mol. The predicted molar refractivity (Wildman–Crippen MR) is 104 cm³/mol. The van der Waals surface area contributed by atoms with Gasteiger partial charge in [-0.25, -0.2) is 0 Å². The van der Waals surface area contributed by atoms with Crippen molar-refractivity contribution in [2.45, 2.75) is 17.0 Å². The van der Waals surface area contributed by atoms with E-state index < -0.39 is 0 Å². The Kier molecular flexibility index (Phi) is 5.57. The van der Waals surface area contributed by atoms with E-state index in [2.05, 4.69) is 15.5 Å². The van der Waals surface area contributed by atoms with Gasteiger partial charge in [0.15, 0.2) is 4.34 Å². The lowest BCUT2D eigenvalue weighted by Crippen LogP contribution is -2.12. The third-order valence-electron chi connectivity index (χ3n) is 3.45. The number of carbonyl (C=O) groups is 1. The summed E-state index contributed by atoms with van der Waals surface area (Å²) in [6.07, 6.45) is 0. The largest absolute Gasteiger partial charge is 0.374 e. The molecular weight excluding hydrogens is 376 g/mol. The molecule has 128 valence electrons. The molecule has 3 aromatic rings. The molecule has 0 fully saturated rings. The number of rotatable bonds is 5. The molecule has 0 saturated carbocycles. The van der Waals surface area contributed by atoms with Gasteiger partial charge in [-0.1, -0.05) is 52.9 Å². The topological polar surface area (TPSA) is 80.9 Å². The van der Waals surface area contributed by atoms with Crippen molar-refractivity contribution >= 4 is 51.4 Å². The number of nitrogen functional groups attached to an aromatic ring is 1. The first-order valence-electron chi connectivity index (χ1n) is 7.39. The Morgan fingerprint density at radius 2 is 2.00 bits per heavy atom. The first-order valence-corrected chi connectivity index (χ1v) is 9.57. The fourth-order valence-electron chi connectivity index (χ4n) is 2.10. The van der Waals surface area contributed by atoms with Crippen LogP contribution in [0.3, 0.4) is 0 Å². The van der Waals surface area contributed by atoms with Crippen molar-refractivity contribution in [3.8, 4) is 0 Å². The van der Waals surface area contributed by atoms with Gasteiger partial charge >= 0.3 is 0 Å². The number of nitrogens with zero attached hydrogens (tertiary/aromatic N) is 2. The summed E-state index contributed by atoms with van der Waals surface area (Å²) in [5, 5.41) is 11.7. The number of benzene rings is 2. The lowest BCUT2D eigenvalue weighted by Gasteiger charge is -2.09. The molecule has 8 heteroatoms. The molecule has 0 radical (unpaired) electrons. The van der Waals surface area contributed by atoms with E-state index in [-0.39, 0.29) is 5.91 Å². The van der Waals surface area contributed by atoms with Crippen molar-refractivity contribution in [1.29, 1.82) is 0 Å². The van der Waals surface area contributed by atoms with Crippen LogP contribution in [0.4, 0.5) is 10.8 Å². The van der Waals surface area contributed by atoms with E-state index in [9.17, 15) is 4.79 Å². The van der Waals surface area contributed by atoms with E-state index >= 15 is 0 Å². The van der Waals surface area contributed by atoms with Gasteiger partial charge in [-0.05, 0) is 42.3 Å². The van der Waals surface area contributed by atoms with Crippen LogP contribution in [0.25, 0.3) is 0 Å². The summed E-state index contributed by atoms with van der Waals surface area (Å²) in [5.74, 6) is 0.575. The van der Waals surface area contributed by atoms with E-state index in [0.717, 1.165) is 21.2 Å². The molecule has 3 rings (SSSR count). The summed E-state index contributed by atoms with van der Waals surface area (Å²) in [6.45, 7) is 1.92. The highest BCUT2D eigenvalue weighted by Gasteiger charge is 2.09. The molecule has 0 bridgehead atoms. The minimum atomic E-state index is -0.165. The number of anilines is 2. The quantitative estimate of drug-likeness (QED) is 0.621. The summed E-state index contributed by atoms with van der Waals surface area (Å²) in [6, 6.07) is 12.9. The van der Waals surface area contributed by atoms with Crippen molar-refractivity contribution in [2.75, 3.05) is 11.1 Å². The van der Waals surface area contributed by atoms with Gasteiger partial charge in [-0.3, -0.25) is 4.79 Å². The number of nitrogens with one attached hydrogen (secondary N) is 1. The highest BCUT2D eigenvalue weighted by Crippen LogP contribution is 2.27. The van der Waals surface area contributed by atoms with Crippen LogP contribution in [0.1, 0.15) is 21.5 Å². The molecule has 0 spiro atoms. The Bertz CT molecular complexity index is 896. The molecule has 0 saturated heterocycles. The molecule has 0 aliphatic heterocycles. The fourth-order valence-corrected chi connectivity index (χ4v) is 3.86. The Hall–Kier alpha value is -2.09. The molecule has 5 nitrogen and oxygen atoms in total. The lowest BCUT2D eigenvalue weighted by molar-refractivity contribution is 0.102. The van der Waals surface area contributed by atoms with Crippen LogP contribution in [-0.2, 0) is 5.75 Å². The summed E-state index contributed by atoms with van der Waals surface area (Å²) >= 11 is 8.91. The number of hydrogen-bond donors (Lipinski definition) is 2. The maximum Gasteiger partial charge on any atom is 0.255 e. The maximum atomic E-state index is 12.4. The van der Waals surface area contributed by atoms with E-state index in [0.29, 0.717) is 21.4 Å². The summed E-state index contributed by atoms with van der Waals surface area (Å²) in [5.41, 5.74) is 8.92. The number of hydrogen-bond acceptors (Lipinski definition) is 6. The second-order valence-electron chi connectivity index (χ2n) is 5.31. The molecule has 25 heavy (non-hydrogen) atoms. The zero-order valence-corrected chi connectivity index (χ0v) is 15.7. The summed E-state index contributed by atoms with van der Waals surface area (Å²) < 4.78 is 0.829. The van der Waals surface area contributed by atoms with Crippen molar-refractivity contribution in [3.05, 3.63) is 64.2 Å². The maximum absolute atomic E-state index is 12.4. The van der Waals surface area contributed by atoms with Crippen LogP contribution in [0.5, 0.6) is 0 Å². The first kappa shape index (κ1) is 17.7. The number of nitrogens with two attached hydrogens (primary N) is 1. The molecule has 1 amide bonds. The number of aromatic nitrogens is 2. The van der Waals surface area contributed by atoms with Crippen LogP contribution < -0.4 is 11.1 Å². The predicted octanol–water partition coefficient (Wildman–Crippen LogP) is 4.63. The van der Waals surface area contributed by atoms with Gasteiger partial charge in [0, 0.05) is 22.0 Å². The monoisotopic (exact) mass is 390 g/mol. The van der Waals surface area contributed by atoms with E-state index in [1.54, 1.807) is 36.0 Å². The number of halogens is 1. The third-order valence-corrected chi connectivity index (χ3v) is 5.64. The van der Waals surface area contributed by atoms with Crippen LogP contribution >= 0.6 is 34.7 Å². The molecule has 0 aliphatic rings. The standard InChI is InChI=1S/C17H15ClN4OS2/c1-10-2-7-13(18)8-14(10)20-15(23)12-5-3-11(4-6-12)9-24-17-22-21-16(19)25-17/h2-8H,9H2,1H3,(H2,19,21)(H,20,23). The Balaban J connectivity index is 1.63. The highest BCUT2D eigenvalue weighted by atomic mass is 35.5. The van der Waals surface area contributed by atoms with Crippen LogP contribution in [-0.4, -0.2) is 16.1 Å². The van der Waals surface area contributed by atoms with Crippen LogP contribution in [0, 0.1) is 6.92 Å². The minimum Gasteiger partial charge on any atom is -0.374 e. The van der Waals surface area contributed by atoms with Gasteiger partial charge in [0.05, 0.1) is 0 Å². The Morgan fingerprint density at radius 1 is 1.24 bits per heavy atom. The van der Waals surface area contributed by atoms with E-state index in [1.807, 2.05) is 25.1 Å². The molecule has 0 unspecified atom stereocenters. The van der Waals surface area contributed by atoms with Crippen molar-refractivity contribution < 1.29 is 4.79 Å². The fraction of sp³-hybridized carbons (Fsp3) is 0.118. The Morgan fingerprint density at radius 3 is 2.68 bits per heavy atom. The SMILES string of the molecule is Cc1ccc(Cl)cc1NC(=O)c1ccc(CSc2nnc(N)s2)cc1. The molecule has 1 aromatic heterocycles. The molecular formula is C17H15ClN4OS2. The smallest absolute Gasteiger partial charge is 0.255 e. The van der Waals surface area contributed by atoms with Crippen LogP contribution in [0.15, 0.2) is 46.8 Å². The van der Waals surface area contributed by atoms with Gasteiger partial charge in [0.25, 0.3) is 5.91 Å². The van der Waals surface area contributed by atoms with Crippen molar-refractivity contribution in [1.82, 2.24) is 10.2 Å². The lowest BCUT2D eigenvalue weighted by atomic mass is 10.1. The van der Waals surface area contributed by atoms with Crippen molar-refractivity contribution in [2.24, 2.45) is 0 Å². The van der Waals surface area contributed by atoms with Gasteiger partial charge in [0.2, 0.25) is 5.13 Å². The zero-order chi connectivity index (χ0) is 17.8. The van der Waals surface area contributed by atoms with E-state index in [4.69, 9.17) is 17.3 Å². The average Bonchev–Trinajstić information content (AvgIpc) is 3.02. The van der Waals surface area contributed by atoms with Gasteiger partial charge in [0.1, 0.15) is 0 Å². The number of carbonyl (C=O) groups excluding carboxylic acids is 1. The van der Waals surface area contributed by atoms with Crippen LogP contribution in [0.2, 0.25) is 5.02 Å². The number of aryl methyl sites for hydroxylation is 1. The summed E-state index contributed by atoms with van der Waals surface area (Å²) in [4.78, 5) is 12.4. The second-order valence-corrected chi connectivity index (χ2v) is 7.97. The zero-order valence-electron chi connectivity index (χ0n) is 13.3. The van der Waals surface area contributed by atoms with Gasteiger partial charge in [-0.15, -0.1) is 10.2 Å². The molecule has 3 N–H and O–H groups in total.